The Balaban J connectivity index is 2.24. The molecule has 1 heterocycles. The van der Waals surface area contributed by atoms with Crippen LogP contribution in [0.25, 0.3) is 0 Å². The summed E-state index contributed by atoms with van der Waals surface area (Å²) in [6.07, 6.45) is 0. The minimum atomic E-state index is 0.324. The average molecular weight is 381 g/mol. The van der Waals surface area contributed by atoms with E-state index in [2.05, 4.69) is 40.5 Å². The predicted molar refractivity (Wildman–Crippen MR) is 52.3 cm³/mol. The van der Waals surface area contributed by atoms with Crippen molar-refractivity contribution in [3.63, 3.8) is 0 Å². The van der Waals surface area contributed by atoms with Crippen LogP contribution in [-0.2, 0) is 0 Å². The fraction of sp³-hybridized carbons (Fsp3) is 1.00. The fourth-order valence-corrected chi connectivity index (χ4v) is 4.52. The molecule has 0 N–H and O–H groups in total. The zero-order valence-corrected chi connectivity index (χ0v) is 11.4. The Morgan fingerprint density at radius 2 is 1.73 bits per heavy atom. The van der Waals surface area contributed by atoms with E-state index in [1.165, 1.54) is 26.2 Å². The van der Waals surface area contributed by atoms with Gasteiger partial charge in [-0.25, -0.2) is 0 Å². The van der Waals surface area contributed by atoms with Crippen LogP contribution in [0.1, 0.15) is 13.8 Å². The number of piperazine rings is 1. The molecule has 0 spiro atoms. The van der Waals surface area contributed by atoms with Crippen LogP contribution in [0.2, 0.25) is 0 Å². The van der Waals surface area contributed by atoms with E-state index in [9.17, 15) is 0 Å². The molecule has 0 amide bonds. The van der Waals surface area contributed by atoms with E-state index in [4.69, 9.17) is 0 Å². The summed E-state index contributed by atoms with van der Waals surface area (Å²) < 4.78 is 2.61. The second-order valence-electron chi connectivity index (χ2n) is 3.10. The van der Waals surface area contributed by atoms with Crippen molar-refractivity contribution in [2.45, 2.75) is 19.9 Å². The number of rotatable bonds is 2. The van der Waals surface area contributed by atoms with Gasteiger partial charge >= 0.3 is 90.2 Å². The van der Waals surface area contributed by atoms with Crippen molar-refractivity contribution in [1.82, 2.24) is 8.01 Å². The SMILES string of the molecule is CC(C)N1CCN([I-]I)CC1. The van der Waals surface area contributed by atoms with Crippen LogP contribution in [0, 0.1) is 0 Å². The van der Waals surface area contributed by atoms with Crippen molar-refractivity contribution in [2.24, 2.45) is 0 Å². The molecule has 4 heteroatoms. The van der Waals surface area contributed by atoms with E-state index < -0.39 is 0 Å². The van der Waals surface area contributed by atoms with Gasteiger partial charge in [0.2, 0.25) is 0 Å². The molecule has 68 valence electrons. The van der Waals surface area contributed by atoms with Crippen LogP contribution in [0.3, 0.4) is 0 Å². The summed E-state index contributed by atoms with van der Waals surface area (Å²) in [5.41, 5.74) is 0. The van der Waals surface area contributed by atoms with Crippen LogP contribution < -0.4 is 17.5 Å². The molecule has 1 rings (SSSR count). The van der Waals surface area contributed by atoms with Crippen LogP contribution in [-0.4, -0.2) is 40.2 Å². The monoisotopic (exact) mass is 381 g/mol. The van der Waals surface area contributed by atoms with E-state index in [0.29, 0.717) is 17.5 Å². The molecule has 0 aliphatic carbocycles. The van der Waals surface area contributed by atoms with Crippen LogP contribution in [0.5, 0.6) is 0 Å². The Morgan fingerprint density at radius 1 is 1.18 bits per heavy atom. The molecule has 0 aromatic rings. The third-order valence-corrected chi connectivity index (χ3v) is 7.02. The first kappa shape index (κ1) is 10.5. The molecule has 11 heavy (non-hydrogen) atoms. The van der Waals surface area contributed by atoms with Gasteiger partial charge in [-0.3, -0.25) is 0 Å². The van der Waals surface area contributed by atoms with E-state index in [1.54, 1.807) is 0 Å². The van der Waals surface area contributed by atoms with Gasteiger partial charge in [-0.1, -0.05) is 0 Å². The fourth-order valence-electron chi connectivity index (χ4n) is 1.28. The summed E-state index contributed by atoms with van der Waals surface area (Å²) in [5, 5.41) is 0. The Kier molecular flexibility index (Phi) is 4.93. The van der Waals surface area contributed by atoms with Crippen molar-refractivity contribution >= 4 is 18.6 Å². The normalized spacial score (nSPS) is 23.3. The van der Waals surface area contributed by atoms with Gasteiger partial charge in [0.15, 0.2) is 0 Å². The van der Waals surface area contributed by atoms with Gasteiger partial charge in [-0.15, -0.1) is 0 Å². The Labute approximate surface area is 89.5 Å². The third-order valence-electron chi connectivity index (χ3n) is 2.08. The molecule has 0 radical (unpaired) electrons. The van der Waals surface area contributed by atoms with E-state index in [-0.39, 0.29) is 0 Å². The van der Waals surface area contributed by atoms with E-state index in [0.717, 1.165) is 6.04 Å². The van der Waals surface area contributed by atoms with E-state index >= 15 is 0 Å². The summed E-state index contributed by atoms with van der Waals surface area (Å²) in [6, 6.07) is 0.740. The minimum absolute atomic E-state index is 0.324. The number of hydrogen-bond acceptors (Lipinski definition) is 2. The summed E-state index contributed by atoms with van der Waals surface area (Å²) in [4.78, 5) is 2.56. The summed E-state index contributed by atoms with van der Waals surface area (Å²) >= 11 is 2.87. The molecule has 2 nitrogen and oxygen atoms in total. The van der Waals surface area contributed by atoms with Crippen molar-refractivity contribution in [1.29, 1.82) is 0 Å². The van der Waals surface area contributed by atoms with E-state index in [1.807, 2.05) is 0 Å². The molecule has 1 aliphatic rings. The molecule has 1 fully saturated rings. The van der Waals surface area contributed by atoms with Crippen molar-refractivity contribution in [3.8, 4) is 0 Å². The molecule has 1 aliphatic heterocycles. The standard InChI is InChI=1S/C7H15I2N2/c1-7(2)10-3-5-11(9-8)6-4-10/h7H,3-6H2,1-2H3/q-1. The van der Waals surface area contributed by atoms with Crippen molar-refractivity contribution in [3.05, 3.63) is 0 Å². The van der Waals surface area contributed by atoms with Crippen molar-refractivity contribution in [2.75, 3.05) is 26.2 Å². The van der Waals surface area contributed by atoms with Gasteiger partial charge < -0.3 is 0 Å². The van der Waals surface area contributed by atoms with Crippen LogP contribution in [0.4, 0.5) is 0 Å². The first-order chi connectivity index (χ1) is 5.24. The first-order valence-electron chi connectivity index (χ1n) is 3.99. The summed E-state index contributed by atoms with van der Waals surface area (Å²) in [6.45, 7) is 9.73. The van der Waals surface area contributed by atoms with Gasteiger partial charge in [-0.2, -0.15) is 0 Å². The second-order valence-corrected chi connectivity index (χ2v) is 7.28. The third kappa shape index (κ3) is 3.31. The average Bonchev–Trinajstić information content (AvgIpc) is 2.05. The Morgan fingerprint density at radius 3 is 2.09 bits per heavy atom. The van der Waals surface area contributed by atoms with Gasteiger partial charge in [0.05, 0.1) is 0 Å². The predicted octanol–water partition coefficient (Wildman–Crippen LogP) is -1.63. The molecular weight excluding hydrogens is 366 g/mol. The maximum absolute atomic E-state index is 2.61. The molecule has 0 atom stereocenters. The molecule has 0 unspecified atom stereocenters. The molecule has 0 aromatic heterocycles. The van der Waals surface area contributed by atoms with Gasteiger partial charge in [-0.05, 0) is 0 Å². The number of halogens is 2. The zero-order chi connectivity index (χ0) is 8.27. The quantitative estimate of drug-likeness (QED) is 0.419. The Bertz CT molecular complexity index is 111. The van der Waals surface area contributed by atoms with Crippen LogP contribution in [0.15, 0.2) is 0 Å². The zero-order valence-electron chi connectivity index (χ0n) is 7.06. The number of hydrogen-bond donors (Lipinski definition) is 0. The van der Waals surface area contributed by atoms with Crippen molar-refractivity contribution < 1.29 is 17.5 Å². The van der Waals surface area contributed by atoms with Gasteiger partial charge in [0.1, 0.15) is 0 Å². The summed E-state index contributed by atoms with van der Waals surface area (Å²) in [7, 11) is 0. The topological polar surface area (TPSA) is 6.48 Å². The Hall–Kier alpha value is 1.38. The molecule has 1 saturated heterocycles. The van der Waals surface area contributed by atoms with Crippen LogP contribution >= 0.6 is 18.6 Å². The second kappa shape index (κ2) is 5.18. The summed E-state index contributed by atoms with van der Waals surface area (Å²) in [5.74, 6) is 0. The molecule has 0 aromatic carbocycles. The molecular formula is C7H15I2N2-. The maximum atomic E-state index is 2.61. The molecule has 0 bridgehead atoms. The number of nitrogens with zero attached hydrogens (tertiary/aromatic N) is 2. The van der Waals surface area contributed by atoms with Gasteiger partial charge in [0, 0.05) is 0 Å². The van der Waals surface area contributed by atoms with Gasteiger partial charge in [0.25, 0.3) is 0 Å². The first-order valence-corrected chi connectivity index (χ1v) is 11.2. The molecule has 0 saturated carbocycles.